The van der Waals surface area contributed by atoms with Gasteiger partial charge >= 0.3 is 0 Å². The summed E-state index contributed by atoms with van der Waals surface area (Å²) in [5.74, 6) is -0.475. The predicted octanol–water partition coefficient (Wildman–Crippen LogP) is 2.91. The summed E-state index contributed by atoms with van der Waals surface area (Å²) in [6.45, 7) is 1.42. The lowest BCUT2D eigenvalue weighted by Crippen LogP contribution is -2.17. The monoisotopic (exact) mass is 269 g/mol. The maximum atomic E-state index is 13.2. The molecule has 0 saturated heterocycles. The van der Waals surface area contributed by atoms with Crippen molar-refractivity contribution < 1.29 is 4.39 Å². The molecule has 2 N–H and O–H groups in total. The third-order valence-electron chi connectivity index (χ3n) is 3.04. The van der Waals surface area contributed by atoms with Gasteiger partial charge in [-0.15, -0.1) is 0 Å². The summed E-state index contributed by atoms with van der Waals surface area (Å²) >= 11 is 0. The highest BCUT2D eigenvalue weighted by atomic mass is 19.1. The number of nitrogens with zero attached hydrogens (tertiary/aromatic N) is 2. The SMILES string of the molecule is CN(Cc1ccc(N)cc1)Cc1ccc(F)c(C#N)c1. The van der Waals surface area contributed by atoms with Crippen molar-refractivity contribution in [1.82, 2.24) is 4.90 Å². The van der Waals surface area contributed by atoms with Gasteiger partial charge in [-0.3, -0.25) is 4.90 Å². The Kier molecular flexibility index (Phi) is 4.34. The van der Waals surface area contributed by atoms with Crippen LogP contribution in [0.25, 0.3) is 0 Å². The summed E-state index contributed by atoms with van der Waals surface area (Å²) in [6, 6.07) is 14.2. The van der Waals surface area contributed by atoms with Crippen LogP contribution in [-0.4, -0.2) is 11.9 Å². The van der Waals surface area contributed by atoms with Gasteiger partial charge in [0.05, 0.1) is 5.56 Å². The number of nitrogen functional groups attached to an aromatic ring is 1. The Morgan fingerprint density at radius 3 is 2.35 bits per heavy atom. The highest BCUT2D eigenvalue weighted by molar-refractivity contribution is 5.39. The molecule has 102 valence electrons. The fourth-order valence-corrected chi connectivity index (χ4v) is 2.06. The van der Waals surface area contributed by atoms with Gasteiger partial charge in [-0.05, 0) is 42.4 Å². The highest BCUT2D eigenvalue weighted by Gasteiger charge is 2.06. The van der Waals surface area contributed by atoms with E-state index >= 15 is 0 Å². The molecule has 2 aromatic rings. The molecule has 0 aromatic heterocycles. The van der Waals surface area contributed by atoms with Gasteiger partial charge in [0.25, 0.3) is 0 Å². The van der Waals surface area contributed by atoms with Gasteiger partial charge in [-0.25, -0.2) is 4.39 Å². The van der Waals surface area contributed by atoms with Gasteiger partial charge in [-0.2, -0.15) is 5.26 Å². The van der Waals surface area contributed by atoms with E-state index in [2.05, 4.69) is 4.90 Å². The van der Waals surface area contributed by atoms with Crippen LogP contribution in [0.4, 0.5) is 10.1 Å². The van der Waals surface area contributed by atoms with E-state index in [1.807, 2.05) is 37.4 Å². The van der Waals surface area contributed by atoms with Gasteiger partial charge in [0.2, 0.25) is 0 Å². The second-order valence-electron chi connectivity index (χ2n) is 4.84. The van der Waals surface area contributed by atoms with E-state index in [0.717, 1.165) is 23.4 Å². The van der Waals surface area contributed by atoms with Crippen molar-refractivity contribution >= 4 is 5.69 Å². The van der Waals surface area contributed by atoms with E-state index in [9.17, 15) is 4.39 Å². The lowest BCUT2D eigenvalue weighted by atomic mass is 10.1. The Hall–Kier alpha value is -2.38. The number of benzene rings is 2. The van der Waals surface area contributed by atoms with E-state index in [4.69, 9.17) is 11.0 Å². The van der Waals surface area contributed by atoms with Crippen LogP contribution in [0.15, 0.2) is 42.5 Å². The summed E-state index contributed by atoms with van der Waals surface area (Å²) in [5.41, 5.74) is 8.55. The van der Waals surface area contributed by atoms with Crippen LogP contribution in [0.3, 0.4) is 0 Å². The van der Waals surface area contributed by atoms with Crippen molar-refractivity contribution in [3.8, 4) is 6.07 Å². The fraction of sp³-hybridized carbons (Fsp3) is 0.188. The molecule has 0 fully saturated rings. The number of nitrogens with two attached hydrogens (primary N) is 1. The highest BCUT2D eigenvalue weighted by Crippen LogP contribution is 2.13. The van der Waals surface area contributed by atoms with Crippen LogP contribution in [0.1, 0.15) is 16.7 Å². The maximum absolute atomic E-state index is 13.2. The molecule has 2 aromatic carbocycles. The third kappa shape index (κ3) is 3.56. The van der Waals surface area contributed by atoms with Crippen molar-refractivity contribution in [3.63, 3.8) is 0 Å². The van der Waals surface area contributed by atoms with Gasteiger partial charge in [0.1, 0.15) is 11.9 Å². The zero-order valence-corrected chi connectivity index (χ0v) is 11.3. The Bertz CT molecular complexity index is 629. The smallest absolute Gasteiger partial charge is 0.140 e. The summed E-state index contributed by atoms with van der Waals surface area (Å²) < 4.78 is 13.2. The molecule has 0 saturated carbocycles. The Morgan fingerprint density at radius 2 is 1.70 bits per heavy atom. The van der Waals surface area contributed by atoms with Crippen molar-refractivity contribution in [1.29, 1.82) is 5.26 Å². The van der Waals surface area contributed by atoms with Crippen molar-refractivity contribution in [2.75, 3.05) is 12.8 Å². The summed E-state index contributed by atoms with van der Waals surface area (Å²) in [7, 11) is 1.98. The number of anilines is 1. The molecular formula is C16H16FN3. The zero-order chi connectivity index (χ0) is 14.5. The average Bonchev–Trinajstić information content (AvgIpc) is 2.43. The molecule has 0 radical (unpaired) electrons. The molecule has 2 rings (SSSR count). The van der Waals surface area contributed by atoms with Crippen molar-refractivity contribution in [3.05, 3.63) is 65.0 Å². The molecule has 0 bridgehead atoms. The largest absolute Gasteiger partial charge is 0.399 e. The fourth-order valence-electron chi connectivity index (χ4n) is 2.06. The van der Waals surface area contributed by atoms with Crippen LogP contribution < -0.4 is 5.73 Å². The van der Waals surface area contributed by atoms with E-state index in [1.165, 1.54) is 6.07 Å². The van der Waals surface area contributed by atoms with E-state index in [1.54, 1.807) is 12.1 Å². The maximum Gasteiger partial charge on any atom is 0.140 e. The standard InChI is InChI=1S/C16H16FN3/c1-20(10-12-2-5-15(19)6-3-12)11-13-4-7-16(17)14(8-13)9-18/h2-8H,10-11,19H2,1H3. The van der Waals surface area contributed by atoms with Gasteiger partial charge < -0.3 is 5.73 Å². The Morgan fingerprint density at radius 1 is 1.10 bits per heavy atom. The normalized spacial score (nSPS) is 10.5. The van der Waals surface area contributed by atoms with Crippen molar-refractivity contribution in [2.45, 2.75) is 13.1 Å². The van der Waals surface area contributed by atoms with E-state index in [-0.39, 0.29) is 5.56 Å². The van der Waals surface area contributed by atoms with Gasteiger partial charge in [0.15, 0.2) is 0 Å². The first kappa shape index (κ1) is 14.0. The number of rotatable bonds is 4. The molecule has 0 heterocycles. The lowest BCUT2D eigenvalue weighted by Gasteiger charge is -2.17. The molecule has 0 atom stereocenters. The average molecular weight is 269 g/mol. The number of hydrogen-bond donors (Lipinski definition) is 1. The second kappa shape index (κ2) is 6.18. The first-order valence-electron chi connectivity index (χ1n) is 6.30. The zero-order valence-electron chi connectivity index (χ0n) is 11.3. The molecule has 0 amide bonds. The summed E-state index contributed by atoms with van der Waals surface area (Å²) in [5, 5.41) is 8.82. The Labute approximate surface area is 118 Å². The molecule has 0 spiro atoms. The number of halogens is 1. The molecule has 3 nitrogen and oxygen atoms in total. The van der Waals surface area contributed by atoms with Gasteiger partial charge in [-0.1, -0.05) is 18.2 Å². The topological polar surface area (TPSA) is 53.0 Å². The minimum Gasteiger partial charge on any atom is -0.399 e. The lowest BCUT2D eigenvalue weighted by molar-refractivity contribution is 0.319. The molecular weight excluding hydrogens is 253 g/mol. The molecule has 0 aliphatic rings. The minimum absolute atomic E-state index is 0.0865. The molecule has 20 heavy (non-hydrogen) atoms. The molecule has 0 aliphatic carbocycles. The van der Waals surface area contributed by atoms with E-state index < -0.39 is 5.82 Å². The summed E-state index contributed by atoms with van der Waals surface area (Å²) in [4.78, 5) is 2.10. The quantitative estimate of drug-likeness (QED) is 0.868. The third-order valence-corrected chi connectivity index (χ3v) is 3.04. The van der Waals surface area contributed by atoms with Gasteiger partial charge in [0, 0.05) is 18.8 Å². The number of nitriles is 1. The van der Waals surface area contributed by atoms with Crippen LogP contribution in [-0.2, 0) is 13.1 Å². The first-order chi connectivity index (χ1) is 9.58. The number of hydrogen-bond acceptors (Lipinski definition) is 3. The Balaban J connectivity index is 2.03. The molecule has 0 aliphatic heterocycles. The van der Waals surface area contributed by atoms with E-state index in [0.29, 0.717) is 6.54 Å². The van der Waals surface area contributed by atoms with Crippen LogP contribution in [0.2, 0.25) is 0 Å². The minimum atomic E-state index is -0.475. The van der Waals surface area contributed by atoms with Crippen LogP contribution in [0.5, 0.6) is 0 Å². The van der Waals surface area contributed by atoms with Crippen LogP contribution >= 0.6 is 0 Å². The summed E-state index contributed by atoms with van der Waals surface area (Å²) in [6.07, 6.45) is 0. The second-order valence-corrected chi connectivity index (χ2v) is 4.84. The van der Waals surface area contributed by atoms with Crippen LogP contribution in [0, 0.1) is 17.1 Å². The molecule has 4 heteroatoms. The van der Waals surface area contributed by atoms with Crippen molar-refractivity contribution in [2.24, 2.45) is 0 Å². The first-order valence-corrected chi connectivity index (χ1v) is 6.30. The predicted molar refractivity (Wildman–Crippen MR) is 77.1 cm³/mol. The molecule has 0 unspecified atom stereocenters.